The van der Waals surface area contributed by atoms with Crippen LogP contribution in [0.4, 0.5) is 5.82 Å². The van der Waals surface area contributed by atoms with Crippen molar-refractivity contribution in [2.24, 2.45) is 11.7 Å². The fraction of sp³-hybridized carbons (Fsp3) is 0.545. The van der Waals surface area contributed by atoms with E-state index in [1.165, 1.54) is 0 Å². The minimum atomic E-state index is 0.208. The molecule has 0 radical (unpaired) electrons. The summed E-state index contributed by atoms with van der Waals surface area (Å²) >= 11 is 4.98. The minimum absolute atomic E-state index is 0.208. The summed E-state index contributed by atoms with van der Waals surface area (Å²) < 4.78 is 0. The topological polar surface area (TPSA) is 75.3 Å². The second-order valence-corrected chi connectivity index (χ2v) is 4.67. The molecular weight excluding hydrogens is 236 g/mol. The maximum atomic E-state index is 9.22. The number of aromatic nitrogens is 2. The molecule has 0 bridgehead atoms. The van der Waals surface area contributed by atoms with Crippen molar-refractivity contribution in [3.05, 3.63) is 18.1 Å². The third kappa shape index (κ3) is 2.70. The van der Waals surface area contributed by atoms with Crippen molar-refractivity contribution < 1.29 is 5.11 Å². The molecule has 3 N–H and O–H groups in total. The van der Waals surface area contributed by atoms with Gasteiger partial charge in [-0.15, -0.1) is 0 Å². The largest absolute Gasteiger partial charge is 0.396 e. The highest BCUT2D eigenvalue weighted by Gasteiger charge is 2.23. The molecule has 1 saturated heterocycles. The second kappa shape index (κ2) is 5.37. The summed E-state index contributed by atoms with van der Waals surface area (Å²) in [6.45, 7) is 1.90. The third-order valence-electron chi connectivity index (χ3n) is 2.99. The highest BCUT2D eigenvalue weighted by Crippen LogP contribution is 2.23. The van der Waals surface area contributed by atoms with E-state index in [1.807, 2.05) is 0 Å². The number of rotatable bonds is 3. The summed E-state index contributed by atoms with van der Waals surface area (Å²) in [7, 11) is 0. The Balaban J connectivity index is 2.24. The van der Waals surface area contributed by atoms with Crippen LogP contribution in [0, 0.1) is 5.92 Å². The van der Waals surface area contributed by atoms with Crippen molar-refractivity contribution >= 4 is 23.0 Å². The zero-order valence-electron chi connectivity index (χ0n) is 9.54. The van der Waals surface area contributed by atoms with Gasteiger partial charge in [0, 0.05) is 32.1 Å². The van der Waals surface area contributed by atoms with Gasteiger partial charge in [-0.1, -0.05) is 12.2 Å². The number of aliphatic hydroxyl groups excluding tert-OH is 1. The molecule has 0 amide bonds. The number of hydrogen-bond donors (Lipinski definition) is 2. The van der Waals surface area contributed by atoms with Gasteiger partial charge in [0.2, 0.25) is 0 Å². The van der Waals surface area contributed by atoms with Gasteiger partial charge in [0.05, 0.1) is 0 Å². The number of aliphatic hydroxyl groups is 1. The molecule has 0 aromatic carbocycles. The van der Waals surface area contributed by atoms with E-state index in [2.05, 4.69) is 14.9 Å². The van der Waals surface area contributed by atoms with E-state index in [4.69, 9.17) is 18.0 Å². The second-order valence-electron chi connectivity index (χ2n) is 4.23. The first-order chi connectivity index (χ1) is 8.22. The van der Waals surface area contributed by atoms with Gasteiger partial charge in [0.15, 0.2) is 5.82 Å². The molecule has 0 spiro atoms. The van der Waals surface area contributed by atoms with Crippen molar-refractivity contribution in [2.45, 2.75) is 12.8 Å². The lowest BCUT2D eigenvalue weighted by atomic mass is 9.99. The summed E-state index contributed by atoms with van der Waals surface area (Å²) in [5, 5.41) is 9.22. The van der Waals surface area contributed by atoms with Crippen molar-refractivity contribution in [1.29, 1.82) is 0 Å². The first-order valence-corrected chi connectivity index (χ1v) is 6.10. The molecular formula is C11H16N4OS. The van der Waals surface area contributed by atoms with Crippen molar-refractivity contribution in [3.63, 3.8) is 0 Å². The van der Waals surface area contributed by atoms with Crippen LogP contribution in [-0.2, 0) is 0 Å². The fourth-order valence-electron chi connectivity index (χ4n) is 2.14. The number of nitrogens with two attached hydrogens (primary N) is 1. The molecule has 1 aromatic rings. The normalized spacial score (nSPS) is 20.3. The molecule has 1 unspecified atom stereocenters. The lowest BCUT2D eigenvalue weighted by Crippen LogP contribution is -2.38. The van der Waals surface area contributed by atoms with Crippen LogP contribution in [0.15, 0.2) is 12.4 Å². The van der Waals surface area contributed by atoms with Crippen LogP contribution in [-0.4, -0.2) is 39.8 Å². The first-order valence-electron chi connectivity index (χ1n) is 5.69. The molecule has 92 valence electrons. The van der Waals surface area contributed by atoms with Gasteiger partial charge in [0.1, 0.15) is 10.7 Å². The van der Waals surface area contributed by atoms with Gasteiger partial charge in [0.25, 0.3) is 0 Å². The number of piperidine rings is 1. The monoisotopic (exact) mass is 252 g/mol. The Morgan fingerprint density at radius 1 is 1.53 bits per heavy atom. The molecule has 1 aromatic heterocycles. The predicted molar refractivity (Wildman–Crippen MR) is 69.9 cm³/mol. The highest BCUT2D eigenvalue weighted by molar-refractivity contribution is 7.80. The molecule has 1 atom stereocenters. The van der Waals surface area contributed by atoms with Gasteiger partial charge < -0.3 is 15.7 Å². The van der Waals surface area contributed by atoms with Crippen LogP contribution >= 0.6 is 12.2 Å². The molecule has 2 heterocycles. The molecule has 17 heavy (non-hydrogen) atoms. The zero-order chi connectivity index (χ0) is 12.3. The van der Waals surface area contributed by atoms with Crippen molar-refractivity contribution in [2.75, 3.05) is 24.6 Å². The standard InChI is InChI=1S/C11H16N4OS/c12-10(17)9-11(14-4-3-13-9)15-5-1-2-8(6-15)7-16/h3-4,8,16H,1-2,5-7H2,(H2,12,17). The lowest BCUT2D eigenvalue weighted by molar-refractivity contribution is 0.208. The molecule has 1 fully saturated rings. The Bertz CT molecular complexity index is 412. The van der Waals surface area contributed by atoms with Crippen molar-refractivity contribution in [1.82, 2.24) is 9.97 Å². The van der Waals surface area contributed by atoms with Gasteiger partial charge >= 0.3 is 0 Å². The summed E-state index contributed by atoms with van der Waals surface area (Å²) in [5.74, 6) is 1.03. The maximum absolute atomic E-state index is 9.22. The van der Waals surface area contributed by atoms with Crippen LogP contribution in [0.3, 0.4) is 0 Å². The lowest BCUT2D eigenvalue weighted by Gasteiger charge is -2.33. The van der Waals surface area contributed by atoms with Crippen LogP contribution < -0.4 is 10.6 Å². The molecule has 1 aliphatic heterocycles. The summed E-state index contributed by atoms with van der Waals surface area (Å²) in [5.41, 5.74) is 6.21. The Morgan fingerprint density at radius 3 is 3.00 bits per heavy atom. The Labute approximate surface area is 106 Å². The number of hydrogen-bond acceptors (Lipinski definition) is 5. The molecule has 0 aliphatic carbocycles. The zero-order valence-corrected chi connectivity index (χ0v) is 10.4. The molecule has 1 aliphatic rings. The third-order valence-corrected chi connectivity index (χ3v) is 3.18. The van der Waals surface area contributed by atoms with Crippen LogP contribution in [0.2, 0.25) is 0 Å². The maximum Gasteiger partial charge on any atom is 0.157 e. The van der Waals surface area contributed by atoms with E-state index in [0.29, 0.717) is 11.6 Å². The minimum Gasteiger partial charge on any atom is -0.396 e. The molecule has 5 nitrogen and oxygen atoms in total. The average molecular weight is 252 g/mol. The van der Waals surface area contributed by atoms with E-state index < -0.39 is 0 Å². The summed E-state index contributed by atoms with van der Waals surface area (Å²) in [4.78, 5) is 10.8. The number of thiocarbonyl (C=S) groups is 1. The average Bonchev–Trinajstić information content (AvgIpc) is 2.39. The first kappa shape index (κ1) is 12.2. The molecule has 2 rings (SSSR count). The van der Waals surface area contributed by atoms with Gasteiger partial charge in [-0.3, -0.25) is 0 Å². The van der Waals surface area contributed by atoms with E-state index in [0.717, 1.165) is 31.7 Å². The Hall–Kier alpha value is -1.27. The summed E-state index contributed by atoms with van der Waals surface area (Å²) in [6.07, 6.45) is 5.32. The van der Waals surface area contributed by atoms with E-state index in [1.54, 1.807) is 12.4 Å². The van der Waals surface area contributed by atoms with E-state index in [9.17, 15) is 5.11 Å². The van der Waals surface area contributed by atoms with E-state index in [-0.39, 0.29) is 11.6 Å². The highest BCUT2D eigenvalue weighted by atomic mass is 32.1. The molecule has 0 saturated carbocycles. The summed E-state index contributed by atoms with van der Waals surface area (Å²) in [6, 6.07) is 0. The van der Waals surface area contributed by atoms with Gasteiger partial charge in [-0.2, -0.15) is 0 Å². The van der Waals surface area contributed by atoms with Crippen LogP contribution in [0.1, 0.15) is 18.5 Å². The smallest absolute Gasteiger partial charge is 0.157 e. The SMILES string of the molecule is NC(=S)c1nccnc1N1CCCC(CO)C1. The number of nitrogens with zero attached hydrogens (tertiary/aromatic N) is 3. The van der Waals surface area contributed by atoms with Crippen molar-refractivity contribution in [3.8, 4) is 0 Å². The Kier molecular flexibility index (Phi) is 3.86. The van der Waals surface area contributed by atoms with E-state index >= 15 is 0 Å². The Morgan fingerprint density at radius 2 is 2.29 bits per heavy atom. The van der Waals surface area contributed by atoms with Gasteiger partial charge in [-0.25, -0.2) is 9.97 Å². The molecule has 6 heteroatoms. The quantitative estimate of drug-likeness (QED) is 0.755. The van der Waals surface area contributed by atoms with Gasteiger partial charge in [-0.05, 0) is 18.8 Å². The number of anilines is 1. The van der Waals surface area contributed by atoms with Crippen LogP contribution in [0.25, 0.3) is 0 Å². The van der Waals surface area contributed by atoms with Crippen LogP contribution in [0.5, 0.6) is 0 Å². The predicted octanol–water partition coefficient (Wildman–Crippen LogP) is 0.319. The fourth-order valence-corrected chi connectivity index (χ4v) is 2.29.